The zero-order valence-electron chi connectivity index (χ0n) is 10.6. The predicted molar refractivity (Wildman–Crippen MR) is 74.7 cm³/mol. The molecule has 0 aliphatic rings. The number of rotatable bonds is 7. The third-order valence-corrected chi connectivity index (χ3v) is 4.14. The third-order valence-electron chi connectivity index (χ3n) is 2.42. The van der Waals surface area contributed by atoms with E-state index < -0.39 is 10.0 Å². The highest BCUT2D eigenvalue weighted by molar-refractivity contribution is 7.89. The number of amides is 1. The highest BCUT2D eigenvalue weighted by Gasteiger charge is 2.12. The van der Waals surface area contributed by atoms with Gasteiger partial charge in [-0.05, 0) is 25.5 Å². The second-order valence-electron chi connectivity index (χ2n) is 4.05. The number of benzene rings is 1. The van der Waals surface area contributed by atoms with Crippen molar-refractivity contribution in [3.8, 4) is 0 Å². The summed E-state index contributed by atoms with van der Waals surface area (Å²) in [6.07, 6.45) is 0.508. The van der Waals surface area contributed by atoms with Gasteiger partial charge in [0.2, 0.25) is 15.9 Å². The molecule has 7 heteroatoms. The lowest BCUT2D eigenvalue weighted by Gasteiger charge is -2.07. The van der Waals surface area contributed by atoms with E-state index in [1.807, 2.05) is 6.92 Å². The van der Waals surface area contributed by atoms with Gasteiger partial charge in [-0.2, -0.15) is 0 Å². The van der Waals surface area contributed by atoms with Crippen molar-refractivity contribution in [2.24, 2.45) is 0 Å². The van der Waals surface area contributed by atoms with Gasteiger partial charge in [-0.15, -0.1) is 11.6 Å². The maximum Gasteiger partial charge on any atom is 0.240 e. The molecule has 0 bridgehead atoms. The minimum atomic E-state index is -3.47. The molecular formula is C12H17ClN2O3S. The number of carbonyl (C=O) groups is 1. The molecule has 0 unspecified atom stereocenters. The average molecular weight is 305 g/mol. The number of nitrogens with one attached hydrogen (secondary N) is 2. The first-order valence-corrected chi connectivity index (χ1v) is 7.86. The number of aryl methyl sites for hydroxylation is 1. The molecule has 0 saturated heterocycles. The summed E-state index contributed by atoms with van der Waals surface area (Å²) in [5, 5.41) is 2.56. The van der Waals surface area contributed by atoms with Crippen molar-refractivity contribution in [3.05, 3.63) is 29.8 Å². The average Bonchev–Trinajstić information content (AvgIpc) is 2.38. The Morgan fingerprint density at radius 2 is 1.84 bits per heavy atom. The van der Waals surface area contributed by atoms with Crippen LogP contribution in [0.15, 0.2) is 29.2 Å². The van der Waals surface area contributed by atoms with Gasteiger partial charge in [-0.25, -0.2) is 13.1 Å². The Bertz CT molecular complexity index is 514. The highest BCUT2D eigenvalue weighted by Crippen LogP contribution is 2.09. The molecular weight excluding hydrogens is 288 g/mol. The van der Waals surface area contributed by atoms with Crippen LogP contribution in [0.2, 0.25) is 0 Å². The summed E-state index contributed by atoms with van der Waals surface area (Å²) in [5.74, 6) is -0.349. The maximum atomic E-state index is 11.9. The van der Waals surface area contributed by atoms with E-state index in [0.717, 1.165) is 5.56 Å². The van der Waals surface area contributed by atoms with Gasteiger partial charge in [0, 0.05) is 13.1 Å². The van der Waals surface area contributed by atoms with Crippen LogP contribution < -0.4 is 10.0 Å². The summed E-state index contributed by atoms with van der Waals surface area (Å²) in [7, 11) is -3.47. The van der Waals surface area contributed by atoms with Crippen LogP contribution in [-0.4, -0.2) is 33.3 Å². The maximum absolute atomic E-state index is 11.9. The normalized spacial score (nSPS) is 11.3. The summed E-state index contributed by atoms with van der Waals surface area (Å²) >= 11 is 5.31. The van der Waals surface area contributed by atoms with Gasteiger partial charge in [0.25, 0.3) is 0 Å². The Hall–Kier alpha value is -1.11. The van der Waals surface area contributed by atoms with Crippen LogP contribution in [0.3, 0.4) is 0 Å². The molecule has 5 nitrogen and oxygen atoms in total. The van der Waals surface area contributed by atoms with E-state index in [1.54, 1.807) is 24.3 Å². The molecule has 1 amide bonds. The molecule has 106 valence electrons. The first kappa shape index (κ1) is 15.9. The topological polar surface area (TPSA) is 75.3 Å². The van der Waals surface area contributed by atoms with E-state index in [9.17, 15) is 13.2 Å². The molecule has 19 heavy (non-hydrogen) atoms. The first-order valence-electron chi connectivity index (χ1n) is 5.84. The van der Waals surface area contributed by atoms with Crippen LogP contribution in [0.25, 0.3) is 0 Å². The van der Waals surface area contributed by atoms with Crippen LogP contribution in [0.4, 0.5) is 0 Å². The zero-order valence-corrected chi connectivity index (χ0v) is 12.2. The Morgan fingerprint density at radius 3 is 2.42 bits per heavy atom. The standard InChI is InChI=1S/C12H17ClN2O3S/c1-10-3-5-11(6-4-10)19(17,18)15-8-2-7-14-12(16)9-13/h3-6,15H,2,7-9H2,1H3,(H,14,16). The van der Waals surface area contributed by atoms with Crippen LogP contribution in [0.5, 0.6) is 0 Å². The molecule has 1 aromatic carbocycles. The summed E-state index contributed by atoms with van der Waals surface area (Å²) < 4.78 is 26.2. The fourth-order valence-corrected chi connectivity index (χ4v) is 2.54. The Kier molecular flexibility index (Phi) is 6.27. The minimum Gasteiger partial charge on any atom is -0.355 e. The van der Waals surface area contributed by atoms with Crippen molar-refractivity contribution < 1.29 is 13.2 Å². The zero-order chi connectivity index (χ0) is 14.3. The Morgan fingerprint density at radius 1 is 1.21 bits per heavy atom. The van der Waals surface area contributed by atoms with Crippen molar-refractivity contribution in [1.82, 2.24) is 10.0 Å². The molecule has 0 spiro atoms. The van der Waals surface area contributed by atoms with E-state index in [4.69, 9.17) is 11.6 Å². The molecule has 1 aromatic rings. The van der Waals surface area contributed by atoms with Crippen LogP contribution in [0, 0.1) is 6.92 Å². The lowest BCUT2D eigenvalue weighted by atomic mass is 10.2. The lowest BCUT2D eigenvalue weighted by molar-refractivity contribution is -0.118. The van der Waals surface area contributed by atoms with Gasteiger partial charge in [-0.3, -0.25) is 4.79 Å². The van der Waals surface area contributed by atoms with Gasteiger partial charge in [-0.1, -0.05) is 17.7 Å². The molecule has 0 atom stereocenters. The summed E-state index contributed by atoms with van der Waals surface area (Å²) in [6, 6.07) is 6.62. The smallest absolute Gasteiger partial charge is 0.240 e. The molecule has 0 aliphatic carbocycles. The number of carbonyl (C=O) groups excluding carboxylic acids is 1. The third kappa shape index (κ3) is 5.59. The number of sulfonamides is 1. The SMILES string of the molecule is Cc1ccc(S(=O)(=O)NCCCNC(=O)CCl)cc1. The second-order valence-corrected chi connectivity index (χ2v) is 6.08. The van der Waals surface area contributed by atoms with Gasteiger partial charge >= 0.3 is 0 Å². The molecule has 0 heterocycles. The Balaban J connectivity index is 2.39. The number of hydrogen-bond acceptors (Lipinski definition) is 3. The van der Waals surface area contributed by atoms with Crippen LogP contribution in [0.1, 0.15) is 12.0 Å². The summed E-state index contributed by atoms with van der Waals surface area (Å²) in [4.78, 5) is 11.1. The molecule has 0 aliphatic heterocycles. The van der Waals surface area contributed by atoms with Crippen LogP contribution >= 0.6 is 11.6 Å². The Labute approximate surface area is 118 Å². The number of hydrogen-bond donors (Lipinski definition) is 2. The van der Waals surface area contributed by atoms with Crippen LogP contribution in [-0.2, 0) is 14.8 Å². The molecule has 2 N–H and O–H groups in total. The van der Waals surface area contributed by atoms with Gasteiger partial charge in [0.1, 0.15) is 5.88 Å². The number of alkyl halides is 1. The van der Waals surface area contributed by atoms with E-state index in [-0.39, 0.29) is 23.2 Å². The van der Waals surface area contributed by atoms with E-state index in [2.05, 4.69) is 10.0 Å². The minimum absolute atomic E-state index is 0.0882. The number of halogens is 1. The quantitative estimate of drug-likeness (QED) is 0.583. The van der Waals surface area contributed by atoms with E-state index >= 15 is 0 Å². The highest BCUT2D eigenvalue weighted by atomic mass is 35.5. The molecule has 0 aromatic heterocycles. The van der Waals surface area contributed by atoms with Crippen molar-refractivity contribution >= 4 is 27.5 Å². The monoisotopic (exact) mass is 304 g/mol. The molecule has 1 rings (SSSR count). The first-order chi connectivity index (χ1) is 8.95. The lowest BCUT2D eigenvalue weighted by Crippen LogP contribution is -2.30. The molecule has 0 saturated carbocycles. The van der Waals surface area contributed by atoms with Gasteiger partial charge in [0.05, 0.1) is 4.90 Å². The van der Waals surface area contributed by atoms with Crippen molar-refractivity contribution in [2.45, 2.75) is 18.2 Å². The van der Waals surface area contributed by atoms with Gasteiger partial charge < -0.3 is 5.32 Å². The van der Waals surface area contributed by atoms with Crippen molar-refractivity contribution in [3.63, 3.8) is 0 Å². The van der Waals surface area contributed by atoms with E-state index in [0.29, 0.717) is 13.0 Å². The van der Waals surface area contributed by atoms with Crippen molar-refractivity contribution in [1.29, 1.82) is 0 Å². The molecule has 0 radical (unpaired) electrons. The van der Waals surface area contributed by atoms with Gasteiger partial charge in [0.15, 0.2) is 0 Å². The summed E-state index contributed by atoms with van der Waals surface area (Å²) in [6.45, 7) is 2.55. The van der Waals surface area contributed by atoms with Crippen molar-refractivity contribution in [2.75, 3.05) is 19.0 Å². The fourth-order valence-electron chi connectivity index (χ4n) is 1.37. The largest absolute Gasteiger partial charge is 0.355 e. The summed E-state index contributed by atoms with van der Waals surface area (Å²) in [5.41, 5.74) is 1.00. The predicted octanol–water partition coefficient (Wildman–Crippen LogP) is 1.02. The molecule has 0 fully saturated rings. The second kappa shape index (κ2) is 7.47. The van der Waals surface area contributed by atoms with E-state index in [1.165, 1.54) is 0 Å². The fraction of sp³-hybridized carbons (Fsp3) is 0.417.